The number of hydrogen-bond donors (Lipinski definition) is 1. The summed E-state index contributed by atoms with van der Waals surface area (Å²) in [6.07, 6.45) is 4.60. The number of aromatic nitrogens is 2. The Kier molecular flexibility index (Phi) is 10.3. The van der Waals surface area contributed by atoms with Crippen LogP contribution in [0.15, 0.2) is 133 Å². The Balaban J connectivity index is 0.00000469. The summed E-state index contributed by atoms with van der Waals surface area (Å²) in [5.41, 5.74) is 16.0. The molecule has 1 spiro atoms. The first-order chi connectivity index (χ1) is 27.3. The van der Waals surface area contributed by atoms with Gasteiger partial charge in [-0.05, 0) is 122 Å². The van der Waals surface area contributed by atoms with Crippen LogP contribution in [0.2, 0.25) is 0 Å². The number of ether oxygens (including phenoxy) is 1. The van der Waals surface area contributed by atoms with Gasteiger partial charge in [0.2, 0.25) is 11.8 Å². The van der Waals surface area contributed by atoms with Crippen molar-refractivity contribution in [3.05, 3.63) is 173 Å². The molecule has 294 valence electrons. The Morgan fingerprint density at radius 2 is 1.22 bits per heavy atom. The minimum atomic E-state index is -0.124. The van der Waals surface area contributed by atoms with E-state index >= 15 is 0 Å². The van der Waals surface area contributed by atoms with Gasteiger partial charge in [-0.25, -0.2) is 4.98 Å². The molecule has 0 bridgehead atoms. The molecule has 2 heterocycles. The van der Waals surface area contributed by atoms with Crippen LogP contribution < -0.4 is 4.74 Å². The van der Waals surface area contributed by atoms with Crippen LogP contribution in [0.4, 0.5) is 0 Å². The van der Waals surface area contributed by atoms with E-state index < -0.39 is 0 Å². The second kappa shape index (κ2) is 15.1. The molecular formula is C53H49N2O2Pt-. The summed E-state index contributed by atoms with van der Waals surface area (Å²) in [5, 5.41) is 10.9. The number of fused-ring (bicyclic) bond motifs is 2. The molecular weight excluding hydrogens is 892 g/mol. The van der Waals surface area contributed by atoms with Crippen molar-refractivity contribution in [3.8, 4) is 62.3 Å². The molecule has 4 nitrogen and oxygen atoms in total. The Hall–Kier alpha value is -5.31. The van der Waals surface area contributed by atoms with Crippen molar-refractivity contribution in [1.82, 2.24) is 9.97 Å². The van der Waals surface area contributed by atoms with Gasteiger partial charge in [-0.3, -0.25) is 4.98 Å². The molecule has 0 amide bonds. The summed E-state index contributed by atoms with van der Waals surface area (Å²) >= 11 is 0. The van der Waals surface area contributed by atoms with Crippen LogP contribution in [0.5, 0.6) is 17.5 Å². The smallest absolute Gasteiger partial charge is 0.222 e. The molecule has 58 heavy (non-hydrogen) atoms. The van der Waals surface area contributed by atoms with E-state index in [-0.39, 0.29) is 37.6 Å². The molecule has 5 heteroatoms. The van der Waals surface area contributed by atoms with E-state index in [0.717, 1.165) is 40.8 Å². The van der Waals surface area contributed by atoms with Crippen LogP contribution in [0.25, 0.3) is 44.8 Å². The fourth-order valence-corrected chi connectivity index (χ4v) is 8.98. The third kappa shape index (κ3) is 7.80. The van der Waals surface area contributed by atoms with Gasteiger partial charge in [-0.15, -0.1) is 35.4 Å². The summed E-state index contributed by atoms with van der Waals surface area (Å²) < 4.78 is 6.52. The Morgan fingerprint density at radius 1 is 0.552 bits per heavy atom. The van der Waals surface area contributed by atoms with Gasteiger partial charge in [0.05, 0.1) is 5.69 Å². The maximum absolute atomic E-state index is 10.9. The molecule has 0 unspecified atom stereocenters. The molecule has 0 saturated carbocycles. The summed E-state index contributed by atoms with van der Waals surface area (Å²) in [5.74, 6) is 0.989. The number of rotatable bonds is 6. The molecule has 0 radical (unpaired) electrons. The zero-order chi connectivity index (χ0) is 39.5. The zero-order valence-electron chi connectivity index (χ0n) is 34.1. The molecule has 5 aromatic carbocycles. The predicted octanol–water partition coefficient (Wildman–Crippen LogP) is 12.9. The van der Waals surface area contributed by atoms with E-state index in [1.54, 1.807) is 6.07 Å². The van der Waals surface area contributed by atoms with Crippen LogP contribution in [-0.4, -0.2) is 15.1 Å². The van der Waals surface area contributed by atoms with Crippen molar-refractivity contribution in [2.24, 2.45) is 5.41 Å². The third-order valence-electron chi connectivity index (χ3n) is 11.9. The molecule has 2 aromatic heterocycles. The van der Waals surface area contributed by atoms with E-state index in [1.807, 2.05) is 54.6 Å². The van der Waals surface area contributed by atoms with E-state index in [2.05, 4.69) is 120 Å². The van der Waals surface area contributed by atoms with Gasteiger partial charge in [0.1, 0.15) is 5.75 Å². The monoisotopic (exact) mass is 940 g/mol. The van der Waals surface area contributed by atoms with Gasteiger partial charge in [-0.1, -0.05) is 126 Å². The van der Waals surface area contributed by atoms with Crippen molar-refractivity contribution in [1.29, 1.82) is 0 Å². The first kappa shape index (κ1) is 39.5. The fraction of sp³-hybridized carbons (Fsp3) is 0.245. The number of aromatic hydroxyl groups is 1. The molecule has 0 aliphatic heterocycles. The number of phenols is 1. The average molecular weight is 941 g/mol. The van der Waals surface area contributed by atoms with Crippen LogP contribution in [0, 0.1) is 11.5 Å². The molecule has 0 fully saturated rings. The van der Waals surface area contributed by atoms with Crippen LogP contribution in [0.1, 0.15) is 74.9 Å². The van der Waals surface area contributed by atoms with Gasteiger partial charge < -0.3 is 9.84 Å². The number of pyridine rings is 2. The van der Waals surface area contributed by atoms with E-state index in [1.165, 1.54) is 51.8 Å². The topological polar surface area (TPSA) is 55.2 Å². The Morgan fingerprint density at radius 3 is 1.95 bits per heavy atom. The van der Waals surface area contributed by atoms with Crippen LogP contribution >= 0.6 is 0 Å². The number of phenolic OH excluding ortho intramolecular Hbond substituents is 1. The Labute approximate surface area is 357 Å². The predicted molar refractivity (Wildman–Crippen MR) is 232 cm³/mol. The van der Waals surface area contributed by atoms with Gasteiger partial charge >= 0.3 is 0 Å². The summed E-state index contributed by atoms with van der Waals surface area (Å²) in [7, 11) is 0. The number of benzene rings is 5. The van der Waals surface area contributed by atoms with Crippen molar-refractivity contribution in [2.45, 2.75) is 78.1 Å². The SMILES string of the molecule is CC(C)(C)c1ccc(-c2cc(Oc3cccc(-c4[c-]ccc(-c5ccc6c(c5)CC5(Cc7ccccc7C5)C6)c4)n3)nc(-c3ccccc3O)c2)c(C(C)(C)C)c1.[Pt]. The maximum atomic E-state index is 10.9. The molecule has 1 N–H and O–H groups in total. The summed E-state index contributed by atoms with van der Waals surface area (Å²) in [6.45, 7) is 13.5. The van der Waals surface area contributed by atoms with Crippen LogP contribution in [0.3, 0.4) is 0 Å². The van der Waals surface area contributed by atoms with Gasteiger partial charge in [0.15, 0.2) is 0 Å². The van der Waals surface area contributed by atoms with Crippen molar-refractivity contribution in [2.75, 3.05) is 0 Å². The van der Waals surface area contributed by atoms with Crippen molar-refractivity contribution >= 4 is 0 Å². The summed E-state index contributed by atoms with van der Waals surface area (Å²) in [4.78, 5) is 9.90. The first-order valence-electron chi connectivity index (χ1n) is 20.1. The molecule has 0 saturated heterocycles. The second-order valence-electron chi connectivity index (χ2n) is 18.3. The van der Waals surface area contributed by atoms with E-state index in [9.17, 15) is 5.11 Å². The minimum Gasteiger partial charge on any atom is -0.507 e. The number of para-hydroxylation sites is 1. The van der Waals surface area contributed by atoms with Gasteiger partial charge in [0, 0.05) is 32.7 Å². The molecule has 0 atom stereocenters. The largest absolute Gasteiger partial charge is 0.507 e. The molecule has 7 aromatic rings. The van der Waals surface area contributed by atoms with Crippen molar-refractivity contribution < 1.29 is 30.9 Å². The zero-order valence-corrected chi connectivity index (χ0v) is 36.4. The molecule has 2 aliphatic carbocycles. The van der Waals surface area contributed by atoms with Gasteiger partial charge in [0.25, 0.3) is 0 Å². The fourth-order valence-electron chi connectivity index (χ4n) is 8.98. The maximum Gasteiger partial charge on any atom is 0.222 e. The number of nitrogens with zero attached hydrogens (tertiary/aromatic N) is 2. The van der Waals surface area contributed by atoms with Crippen LogP contribution in [-0.2, 0) is 57.6 Å². The van der Waals surface area contributed by atoms with Crippen molar-refractivity contribution in [3.63, 3.8) is 0 Å². The Bertz CT molecular complexity index is 2640. The second-order valence-corrected chi connectivity index (χ2v) is 18.3. The average Bonchev–Trinajstić information content (AvgIpc) is 3.74. The first-order valence-corrected chi connectivity index (χ1v) is 20.1. The van der Waals surface area contributed by atoms with E-state index in [4.69, 9.17) is 14.7 Å². The molecule has 9 rings (SSSR count). The molecule has 2 aliphatic rings. The summed E-state index contributed by atoms with van der Waals surface area (Å²) in [6, 6.07) is 49.6. The minimum absolute atomic E-state index is 0. The normalized spacial score (nSPS) is 14.2. The number of hydrogen-bond acceptors (Lipinski definition) is 4. The van der Waals surface area contributed by atoms with Gasteiger partial charge in [-0.2, -0.15) is 0 Å². The van der Waals surface area contributed by atoms with E-state index in [0.29, 0.717) is 28.4 Å². The third-order valence-corrected chi connectivity index (χ3v) is 11.9. The quantitative estimate of drug-likeness (QED) is 0.169. The standard InChI is InChI=1S/C53H49N2O2.Pt/c1-51(2,3)42-23-24-43(45(29-42)52(4,5)6)40-27-47(44-17-9-10-19-48(44)56)55-50(28-40)57-49-20-12-18-46(54-49)36-16-11-15-34(25-36)35-21-22-39-32-53(33-41(39)26-35)30-37-13-7-8-14-38(37)31-53;/h7-15,17-29,56H,30-33H2,1-6H3;/q-1;.